The van der Waals surface area contributed by atoms with E-state index in [0.717, 1.165) is 19.4 Å². The van der Waals surface area contributed by atoms with Gasteiger partial charge in [0.2, 0.25) is 10.0 Å². The first-order valence-corrected chi connectivity index (χ1v) is 9.74. The van der Waals surface area contributed by atoms with Gasteiger partial charge in [0.1, 0.15) is 0 Å². The summed E-state index contributed by atoms with van der Waals surface area (Å²) in [6.45, 7) is 8.82. The van der Waals surface area contributed by atoms with Crippen LogP contribution >= 0.6 is 24.0 Å². The summed E-state index contributed by atoms with van der Waals surface area (Å²) in [5.74, 6) is 0.666. The summed E-state index contributed by atoms with van der Waals surface area (Å²) in [4.78, 5) is 4.44. The highest BCUT2D eigenvalue weighted by Crippen LogP contribution is 2.17. The Labute approximate surface area is 169 Å². The van der Waals surface area contributed by atoms with Crippen molar-refractivity contribution in [1.29, 1.82) is 0 Å². The number of hydrogen-bond donors (Lipinski definition) is 3. The lowest BCUT2D eigenvalue weighted by Gasteiger charge is -2.22. The van der Waals surface area contributed by atoms with E-state index in [0.29, 0.717) is 18.1 Å². The van der Waals surface area contributed by atoms with Crippen LogP contribution in [0.1, 0.15) is 46.1 Å². The number of guanidine groups is 1. The maximum Gasteiger partial charge on any atom is 0.241 e. The third-order valence-electron chi connectivity index (χ3n) is 3.20. The zero-order valence-corrected chi connectivity index (χ0v) is 18.9. The van der Waals surface area contributed by atoms with Crippen LogP contribution in [0, 0.1) is 0 Å². The zero-order chi connectivity index (χ0) is 18.2. The van der Waals surface area contributed by atoms with Gasteiger partial charge in [-0.1, -0.05) is 31.5 Å². The number of hydrogen-bond acceptors (Lipinski definition) is 3. The maximum atomic E-state index is 12.6. The lowest BCUT2D eigenvalue weighted by atomic mass is 10.1. The van der Waals surface area contributed by atoms with Crippen LogP contribution in [0.2, 0.25) is 0 Å². The monoisotopic (exact) mass is 482 g/mol. The molecule has 25 heavy (non-hydrogen) atoms. The van der Waals surface area contributed by atoms with E-state index < -0.39 is 15.6 Å². The SMILES string of the molecule is CCCCNC(=NC)NCc1ccccc1S(=O)(=O)NC(C)(C)C.I. The van der Waals surface area contributed by atoms with Gasteiger partial charge in [-0.05, 0) is 38.8 Å². The Morgan fingerprint density at radius 1 is 1.16 bits per heavy atom. The molecule has 0 bridgehead atoms. The number of halogens is 1. The molecule has 0 atom stereocenters. The van der Waals surface area contributed by atoms with Gasteiger partial charge in [0.15, 0.2) is 5.96 Å². The molecule has 1 rings (SSSR count). The van der Waals surface area contributed by atoms with Gasteiger partial charge in [0.25, 0.3) is 0 Å². The highest BCUT2D eigenvalue weighted by molar-refractivity contribution is 14.0. The summed E-state index contributed by atoms with van der Waals surface area (Å²) < 4.78 is 27.9. The summed E-state index contributed by atoms with van der Waals surface area (Å²) >= 11 is 0. The summed E-state index contributed by atoms with van der Waals surface area (Å²) in [5, 5.41) is 6.38. The molecule has 1 aromatic carbocycles. The van der Waals surface area contributed by atoms with Crippen molar-refractivity contribution in [3.63, 3.8) is 0 Å². The second kappa shape index (κ2) is 11.0. The van der Waals surface area contributed by atoms with E-state index in [1.807, 2.05) is 32.9 Å². The van der Waals surface area contributed by atoms with Crippen molar-refractivity contribution in [3.05, 3.63) is 29.8 Å². The first kappa shape index (κ1) is 24.1. The van der Waals surface area contributed by atoms with Gasteiger partial charge in [-0.3, -0.25) is 4.99 Å². The lowest BCUT2D eigenvalue weighted by Crippen LogP contribution is -2.41. The second-order valence-electron chi connectivity index (χ2n) is 6.67. The van der Waals surface area contributed by atoms with E-state index in [1.165, 1.54) is 0 Å². The Bertz CT molecular complexity index is 655. The fraction of sp³-hybridized carbons (Fsp3) is 0.588. The Hall–Kier alpha value is -0.870. The smallest absolute Gasteiger partial charge is 0.241 e. The third-order valence-corrected chi connectivity index (χ3v) is 5.05. The van der Waals surface area contributed by atoms with Crippen molar-refractivity contribution in [3.8, 4) is 0 Å². The molecule has 8 heteroatoms. The van der Waals surface area contributed by atoms with E-state index in [4.69, 9.17) is 0 Å². The van der Waals surface area contributed by atoms with Gasteiger partial charge in [-0.25, -0.2) is 13.1 Å². The Balaban J connectivity index is 0.00000576. The Kier molecular flexibility index (Phi) is 10.6. The molecule has 0 saturated heterocycles. The van der Waals surface area contributed by atoms with Crippen LogP contribution < -0.4 is 15.4 Å². The molecule has 0 aliphatic carbocycles. The van der Waals surface area contributed by atoms with Crippen LogP contribution in [-0.4, -0.2) is 33.5 Å². The number of sulfonamides is 1. The second-order valence-corrected chi connectivity index (χ2v) is 8.32. The number of benzene rings is 1. The van der Waals surface area contributed by atoms with Gasteiger partial charge in [-0.15, -0.1) is 24.0 Å². The average molecular weight is 482 g/mol. The molecule has 0 aliphatic rings. The number of nitrogens with zero attached hydrogens (tertiary/aromatic N) is 1. The van der Waals surface area contributed by atoms with E-state index >= 15 is 0 Å². The molecule has 144 valence electrons. The van der Waals surface area contributed by atoms with Crippen molar-refractivity contribution in [1.82, 2.24) is 15.4 Å². The number of rotatable bonds is 7. The number of nitrogens with one attached hydrogen (secondary N) is 3. The molecule has 3 N–H and O–H groups in total. The van der Waals surface area contributed by atoms with Crippen LogP contribution in [-0.2, 0) is 16.6 Å². The summed E-state index contributed by atoms with van der Waals surface area (Å²) in [7, 11) is -1.87. The van der Waals surface area contributed by atoms with Gasteiger partial charge < -0.3 is 10.6 Å². The Morgan fingerprint density at radius 2 is 1.80 bits per heavy atom. The molecule has 6 nitrogen and oxygen atoms in total. The molecule has 0 saturated carbocycles. The fourth-order valence-corrected chi connectivity index (χ4v) is 3.81. The molecule has 0 aromatic heterocycles. The molecular formula is C17H31IN4O2S. The van der Waals surface area contributed by atoms with E-state index in [9.17, 15) is 8.42 Å². The molecule has 0 radical (unpaired) electrons. The predicted octanol–water partition coefficient (Wildman–Crippen LogP) is 2.85. The molecule has 0 unspecified atom stereocenters. The van der Waals surface area contributed by atoms with Crippen LogP contribution in [0.15, 0.2) is 34.2 Å². The largest absolute Gasteiger partial charge is 0.356 e. The van der Waals surface area contributed by atoms with E-state index in [1.54, 1.807) is 19.2 Å². The minimum atomic E-state index is -3.57. The van der Waals surface area contributed by atoms with Gasteiger partial charge >= 0.3 is 0 Å². The molecule has 0 amide bonds. The van der Waals surface area contributed by atoms with Crippen LogP contribution in [0.25, 0.3) is 0 Å². The molecule has 0 fully saturated rings. The summed E-state index contributed by atoms with van der Waals surface area (Å²) in [5.41, 5.74) is 0.171. The van der Waals surface area contributed by atoms with Crippen molar-refractivity contribution in [2.24, 2.45) is 4.99 Å². The fourth-order valence-electron chi connectivity index (χ4n) is 2.15. The molecular weight excluding hydrogens is 451 g/mol. The first-order valence-electron chi connectivity index (χ1n) is 8.26. The van der Waals surface area contributed by atoms with E-state index in [2.05, 4.69) is 27.3 Å². The number of aliphatic imine (C=N–C) groups is 1. The topological polar surface area (TPSA) is 82.6 Å². The van der Waals surface area contributed by atoms with Crippen molar-refractivity contribution < 1.29 is 8.42 Å². The first-order chi connectivity index (χ1) is 11.2. The molecule has 1 aromatic rings. The zero-order valence-electron chi connectivity index (χ0n) is 15.7. The Morgan fingerprint density at radius 3 is 2.36 bits per heavy atom. The highest BCUT2D eigenvalue weighted by atomic mass is 127. The van der Waals surface area contributed by atoms with Gasteiger partial charge in [0, 0.05) is 25.7 Å². The van der Waals surface area contributed by atoms with Crippen molar-refractivity contribution >= 4 is 40.0 Å². The summed E-state index contributed by atoms with van der Waals surface area (Å²) in [6.07, 6.45) is 2.16. The highest BCUT2D eigenvalue weighted by Gasteiger charge is 2.24. The van der Waals surface area contributed by atoms with Gasteiger partial charge in [-0.2, -0.15) is 0 Å². The lowest BCUT2D eigenvalue weighted by molar-refractivity contribution is 0.491. The van der Waals surface area contributed by atoms with Crippen molar-refractivity contribution in [2.75, 3.05) is 13.6 Å². The average Bonchev–Trinajstić information content (AvgIpc) is 2.48. The standard InChI is InChI=1S/C17H30N4O2S.HI/c1-6-7-12-19-16(18-5)20-13-14-10-8-9-11-15(14)24(22,23)21-17(2,3)4;/h8-11,21H,6-7,12-13H2,1-5H3,(H2,18,19,20);1H. The minimum absolute atomic E-state index is 0. The number of unbranched alkanes of at least 4 members (excludes halogenated alkanes) is 1. The predicted molar refractivity (Wildman–Crippen MR) is 115 cm³/mol. The minimum Gasteiger partial charge on any atom is -0.356 e. The van der Waals surface area contributed by atoms with Gasteiger partial charge in [0.05, 0.1) is 4.90 Å². The quantitative estimate of drug-likeness (QED) is 0.242. The molecule has 0 spiro atoms. The van der Waals surface area contributed by atoms with Crippen LogP contribution in [0.5, 0.6) is 0 Å². The third kappa shape index (κ3) is 8.87. The molecule has 0 aliphatic heterocycles. The molecule has 0 heterocycles. The van der Waals surface area contributed by atoms with Crippen molar-refractivity contribution in [2.45, 2.75) is 57.5 Å². The normalized spacial score (nSPS) is 12.4. The van der Waals surface area contributed by atoms with Crippen LogP contribution in [0.4, 0.5) is 0 Å². The maximum absolute atomic E-state index is 12.6. The summed E-state index contributed by atoms with van der Waals surface area (Å²) in [6, 6.07) is 7.00. The van der Waals surface area contributed by atoms with E-state index in [-0.39, 0.29) is 28.9 Å². The van der Waals surface area contributed by atoms with Crippen LogP contribution in [0.3, 0.4) is 0 Å².